The summed E-state index contributed by atoms with van der Waals surface area (Å²) in [6, 6.07) is 0.810. The van der Waals surface area contributed by atoms with Crippen LogP contribution in [0.1, 0.15) is 58.8 Å². The van der Waals surface area contributed by atoms with Crippen LogP contribution < -0.4 is 5.32 Å². The van der Waals surface area contributed by atoms with E-state index in [4.69, 9.17) is 0 Å². The van der Waals surface area contributed by atoms with Gasteiger partial charge in [-0.3, -0.25) is 0 Å². The van der Waals surface area contributed by atoms with Gasteiger partial charge >= 0.3 is 0 Å². The summed E-state index contributed by atoms with van der Waals surface area (Å²) < 4.78 is 0. The minimum Gasteiger partial charge on any atom is -0.313 e. The number of hydrogen-bond donors (Lipinski definition) is 1. The third-order valence-electron chi connectivity index (χ3n) is 4.40. The zero-order valence-electron chi connectivity index (χ0n) is 9.81. The minimum atomic E-state index is 0.578. The van der Waals surface area contributed by atoms with Crippen molar-refractivity contribution < 1.29 is 0 Å². The van der Waals surface area contributed by atoms with Crippen molar-refractivity contribution in [3.8, 4) is 0 Å². The second-order valence-electron chi connectivity index (χ2n) is 5.99. The quantitative estimate of drug-likeness (QED) is 0.728. The van der Waals surface area contributed by atoms with Crippen molar-refractivity contribution in [3.05, 3.63) is 0 Å². The molecular weight excluding hydrogens is 170 g/mol. The summed E-state index contributed by atoms with van der Waals surface area (Å²) in [7, 11) is 0. The van der Waals surface area contributed by atoms with Gasteiger partial charge in [0.15, 0.2) is 0 Å². The van der Waals surface area contributed by atoms with Gasteiger partial charge in [0.2, 0.25) is 0 Å². The lowest BCUT2D eigenvalue weighted by Crippen LogP contribution is -2.51. The smallest absolute Gasteiger partial charge is 0.0119 e. The molecule has 1 N–H and O–H groups in total. The highest BCUT2D eigenvalue weighted by atomic mass is 15.0. The highest BCUT2D eigenvalue weighted by Gasteiger charge is 2.38. The predicted octanol–water partition coefficient (Wildman–Crippen LogP) is 3.34. The van der Waals surface area contributed by atoms with Gasteiger partial charge in [0.25, 0.3) is 0 Å². The molecule has 1 atom stereocenters. The van der Waals surface area contributed by atoms with E-state index >= 15 is 0 Å². The molecule has 0 bridgehead atoms. The van der Waals surface area contributed by atoms with Crippen LogP contribution >= 0.6 is 0 Å². The van der Waals surface area contributed by atoms with Gasteiger partial charge in [0, 0.05) is 6.04 Å². The molecule has 1 heteroatoms. The van der Waals surface area contributed by atoms with Crippen molar-refractivity contribution in [3.63, 3.8) is 0 Å². The van der Waals surface area contributed by atoms with Crippen molar-refractivity contribution >= 4 is 0 Å². The Kier molecular flexibility index (Phi) is 3.16. The van der Waals surface area contributed by atoms with Gasteiger partial charge in [-0.25, -0.2) is 0 Å². The van der Waals surface area contributed by atoms with Crippen LogP contribution in [0.25, 0.3) is 0 Å². The highest BCUT2D eigenvalue weighted by molar-refractivity contribution is 4.94. The first-order valence-corrected chi connectivity index (χ1v) is 6.42. The molecule has 0 aromatic carbocycles. The maximum absolute atomic E-state index is 3.78. The summed E-state index contributed by atoms with van der Waals surface area (Å²) in [4.78, 5) is 0. The van der Waals surface area contributed by atoms with Gasteiger partial charge < -0.3 is 5.32 Å². The molecule has 2 saturated carbocycles. The maximum Gasteiger partial charge on any atom is 0.0119 e. The van der Waals surface area contributed by atoms with Crippen LogP contribution in [0, 0.1) is 11.3 Å². The van der Waals surface area contributed by atoms with Gasteiger partial charge in [0.1, 0.15) is 0 Å². The molecule has 0 spiro atoms. The van der Waals surface area contributed by atoms with Crippen LogP contribution in [0.3, 0.4) is 0 Å². The topological polar surface area (TPSA) is 12.0 Å². The van der Waals surface area contributed by atoms with E-state index in [1.807, 2.05) is 0 Å². The van der Waals surface area contributed by atoms with E-state index in [9.17, 15) is 0 Å². The standard InChI is InChI=1S/C13H25N/c1-13(2)9-8-12(13)14-10-11-6-4-3-5-7-11/h11-12,14H,3-10H2,1-2H3. The largest absolute Gasteiger partial charge is 0.313 e. The molecule has 1 nitrogen and oxygen atoms in total. The molecule has 82 valence electrons. The molecule has 0 amide bonds. The average Bonchev–Trinajstić information content (AvgIpc) is 2.18. The lowest BCUT2D eigenvalue weighted by atomic mass is 9.67. The Hall–Kier alpha value is -0.0400. The molecule has 2 rings (SSSR count). The summed E-state index contributed by atoms with van der Waals surface area (Å²) in [5, 5.41) is 3.78. The summed E-state index contributed by atoms with van der Waals surface area (Å²) in [5.74, 6) is 0.986. The van der Waals surface area contributed by atoms with E-state index in [2.05, 4.69) is 19.2 Å². The molecule has 1 unspecified atom stereocenters. The Morgan fingerprint density at radius 1 is 1.07 bits per heavy atom. The summed E-state index contributed by atoms with van der Waals surface area (Å²) in [5.41, 5.74) is 0.578. The molecule has 0 aromatic heterocycles. The zero-order valence-corrected chi connectivity index (χ0v) is 9.81. The first kappa shape index (κ1) is 10.5. The molecule has 0 saturated heterocycles. The second kappa shape index (κ2) is 4.22. The van der Waals surface area contributed by atoms with E-state index in [0.29, 0.717) is 5.41 Å². The van der Waals surface area contributed by atoms with Gasteiger partial charge in [-0.05, 0) is 43.6 Å². The van der Waals surface area contributed by atoms with Crippen LogP contribution in [-0.4, -0.2) is 12.6 Å². The van der Waals surface area contributed by atoms with Crippen LogP contribution in [0.5, 0.6) is 0 Å². The van der Waals surface area contributed by atoms with Gasteiger partial charge in [-0.1, -0.05) is 33.1 Å². The monoisotopic (exact) mass is 195 g/mol. The van der Waals surface area contributed by atoms with Crippen molar-refractivity contribution in [1.82, 2.24) is 5.32 Å². The van der Waals surface area contributed by atoms with E-state index in [1.54, 1.807) is 0 Å². The van der Waals surface area contributed by atoms with Gasteiger partial charge in [0.05, 0.1) is 0 Å². The first-order valence-electron chi connectivity index (χ1n) is 6.42. The Morgan fingerprint density at radius 2 is 1.79 bits per heavy atom. The van der Waals surface area contributed by atoms with Gasteiger partial charge in [-0.2, -0.15) is 0 Å². The van der Waals surface area contributed by atoms with Crippen molar-refractivity contribution in [2.75, 3.05) is 6.54 Å². The summed E-state index contributed by atoms with van der Waals surface area (Å²) >= 11 is 0. The third-order valence-corrected chi connectivity index (χ3v) is 4.40. The molecular formula is C13H25N. The van der Waals surface area contributed by atoms with Crippen LogP contribution in [-0.2, 0) is 0 Å². The van der Waals surface area contributed by atoms with E-state index in [-0.39, 0.29) is 0 Å². The minimum absolute atomic E-state index is 0.578. The van der Waals surface area contributed by atoms with Gasteiger partial charge in [-0.15, -0.1) is 0 Å². The molecule has 2 fully saturated rings. The highest BCUT2D eigenvalue weighted by Crippen LogP contribution is 2.40. The molecule has 0 radical (unpaired) electrons. The Labute approximate surface area is 88.7 Å². The predicted molar refractivity (Wildman–Crippen MR) is 61.4 cm³/mol. The number of rotatable bonds is 3. The molecule has 0 aromatic rings. The molecule has 0 heterocycles. The maximum atomic E-state index is 3.78. The van der Waals surface area contributed by atoms with Crippen molar-refractivity contribution in [2.45, 2.75) is 64.8 Å². The van der Waals surface area contributed by atoms with E-state index in [1.165, 1.54) is 51.5 Å². The molecule has 0 aliphatic heterocycles. The lowest BCUT2D eigenvalue weighted by Gasteiger charge is -2.45. The first-order chi connectivity index (χ1) is 6.68. The van der Waals surface area contributed by atoms with E-state index in [0.717, 1.165) is 12.0 Å². The summed E-state index contributed by atoms with van der Waals surface area (Å²) in [6.07, 6.45) is 10.2. The lowest BCUT2D eigenvalue weighted by molar-refractivity contribution is 0.102. The fraction of sp³-hybridized carbons (Fsp3) is 1.00. The Morgan fingerprint density at radius 3 is 2.29 bits per heavy atom. The third kappa shape index (κ3) is 2.31. The molecule has 14 heavy (non-hydrogen) atoms. The van der Waals surface area contributed by atoms with Crippen molar-refractivity contribution in [1.29, 1.82) is 0 Å². The number of hydrogen-bond acceptors (Lipinski definition) is 1. The fourth-order valence-electron chi connectivity index (χ4n) is 2.94. The van der Waals surface area contributed by atoms with Crippen LogP contribution in [0.4, 0.5) is 0 Å². The fourth-order valence-corrected chi connectivity index (χ4v) is 2.94. The summed E-state index contributed by atoms with van der Waals surface area (Å²) in [6.45, 7) is 6.08. The SMILES string of the molecule is CC1(C)CCC1NCC1CCCCC1. The Balaban J connectivity index is 1.66. The van der Waals surface area contributed by atoms with E-state index < -0.39 is 0 Å². The molecule has 2 aliphatic rings. The average molecular weight is 195 g/mol. The number of nitrogens with one attached hydrogen (secondary N) is 1. The van der Waals surface area contributed by atoms with Crippen LogP contribution in [0.2, 0.25) is 0 Å². The van der Waals surface area contributed by atoms with Crippen molar-refractivity contribution in [2.24, 2.45) is 11.3 Å². The zero-order chi connectivity index (χ0) is 10.0. The second-order valence-corrected chi connectivity index (χ2v) is 5.99. The van der Waals surface area contributed by atoms with Crippen LogP contribution in [0.15, 0.2) is 0 Å². The molecule has 2 aliphatic carbocycles. The normalized spacial score (nSPS) is 32.6. The Bertz CT molecular complexity index is 180.